The van der Waals surface area contributed by atoms with Crippen LogP contribution in [0.2, 0.25) is 0 Å². The predicted molar refractivity (Wildman–Crippen MR) is 173 cm³/mol. The Hall–Kier alpha value is -3.94. The molecule has 3 aromatic carbocycles. The highest BCUT2D eigenvalue weighted by Crippen LogP contribution is 2.35. The summed E-state index contributed by atoms with van der Waals surface area (Å²) in [6, 6.07) is 19.5. The Bertz CT molecular complexity index is 1630. The molecule has 0 amide bonds. The molecular formula is C33H36F4N6O2S. The molecule has 13 heteroatoms. The first-order chi connectivity index (χ1) is 21.9. The van der Waals surface area contributed by atoms with Crippen LogP contribution in [0, 0.1) is 0 Å². The number of aliphatic imine (C=N–C) groups is 1. The number of nitrogens with zero attached hydrogens (tertiary/aromatic N) is 5. The molecule has 4 aromatic rings. The van der Waals surface area contributed by atoms with Crippen molar-refractivity contribution in [1.82, 2.24) is 20.1 Å². The fourth-order valence-electron chi connectivity index (χ4n) is 5.23. The molecule has 1 saturated heterocycles. The van der Waals surface area contributed by atoms with Crippen molar-refractivity contribution in [3.8, 4) is 22.8 Å². The molecule has 0 saturated carbocycles. The molecule has 2 N–H and O–H groups in total. The average Bonchev–Trinajstić information content (AvgIpc) is 3.51. The molecule has 5 rings (SSSR count). The summed E-state index contributed by atoms with van der Waals surface area (Å²) in [4.78, 5) is 11.0. The van der Waals surface area contributed by atoms with Crippen LogP contribution < -0.4 is 15.0 Å². The second-order valence-electron chi connectivity index (χ2n) is 11.4. The van der Waals surface area contributed by atoms with Crippen molar-refractivity contribution < 1.29 is 27.4 Å². The summed E-state index contributed by atoms with van der Waals surface area (Å²) in [5, 5.41) is 18.8. The van der Waals surface area contributed by atoms with E-state index in [0.29, 0.717) is 33.7 Å². The quantitative estimate of drug-likeness (QED) is 0.134. The minimum absolute atomic E-state index is 0.191. The first kappa shape index (κ1) is 33.4. The van der Waals surface area contributed by atoms with Crippen molar-refractivity contribution in [2.75, 3.05) is 10.7 Å². The highest BCUT2D eigenvalue weighted by Gasteiger charge is 2.31. The third kappa shape index (κ3) is 8.06. The van der Waals surface area contributed by atoms with Gasteiger partial charge in [-0.25, -0.2) is 19.0 Å². The van der Waals surface area contributed by atoms with E-state index in [1.54, 1.807) is 43.0 Å². The number of hydrogen-bond donors (Lipinski definition) is 2. The topological polar surface area (TPSA) is 87.8 Å². The number of nitrogens with one attached hydrogen (secondary N) is 1. The van der Waals surface area contributed by atoms with E-state index >= 15 is 4.39 Å². The minimum atomic E-state index is -4.77. The van der Waals surface area contributed by atoms with Crippen LogP contribution in [0.4, 0.5) is 23.2 Å². The number of aliphatic hydroxyl groups is 1. The molecule has 2 heterocycles. The fraction of sp³-hybridized carbons (Fsp3) is 0.364. The third-order valence-corrected chi connectivity index (χ3v) is 8.63. The lowest BCUT2D eigenvalue weighted by molar-refractivity contribution is -0.274. The first-order valence-electron chi connectivity index (χ1n) is 14.9. The molecule has 46 heavy (non-hydrogen) atoms. The van der Waals surface area contributed by atoms with Crippen LogP contribution in [0.3, 0.4) is 0 Å². The van der Waals surface area contributed by atoms with Crippen molar-refractivity contribution in [3.63, 3.8) is 0 Å². The van der Waals surface area contributed by atoms with Crippen molar-refractivity contribution in [3.05, 3.63) is 90.3 Å². The molecule has 1 aromatic heterocycles. The maximum absolute atomic E-state index is 15.6. The highest BCUT2D eigenvalue weighted by atomic mass is 32.2. The summed E-state index contributed by atoms with van der Waals surface area (Å²) in [7, 11) is 0. The van der Waals surface area contributed by atoms with Crippen LogP contribution >= 0.6 is 11.8 Å². The second-order valence-corrected chi connectivity index (χ2v) is 12.5. The molecule has 4 atom stereocenters. The Kier molecular flexibility index (Phi) is 10.3. The number of amidine groups is 1. The Morgan fingerprint density at radius 2 is 1.72 bits per heavy atom. The molecule has 8 nitrogen and oxygen atoms in total. The third-order valence-electron chi connectivity index (χ3n) is 7.63. The van der Waals surface area contributed by atoms with Crippen LogP contribution in [-0.4, -0.2) is 55.6 Å². The summed E-state index contributed by atoms with van der Waals surface area (Å²) in [6.07, 6.45) is -5.12. The fourth-order valence-corrected chi connectivity index (χ4v) is 6.46. The lowest BCUT2D eigenvalue weighted by Gasteiger charge is -2.38. The standard InChI is InChI=1S/C33H36F4N6O2S/c1-20(2)27-7-5-6-8-28(27)43-21(3)17-18-46-32(43)40-31(44)39-22(4)29(34)23-9-11-24(12-10-23)30-38-19-42(41-30)25-13-15-26(16-14-25)45-33(35,36)37/h5-16,19-22,29,31,39,44H,17-18H2,1-4H3. The van der Waals surface area contributed by atoms with E-state index in [1.807, 2.05) is 12.1 Å². The van der Waals surface area contributed by atoms with Gasteiger partial charge in [0, 0.05) is 29.1 Å². The van der Waals surface area contributed by atoms with Gasteiger partial charge >= 0.3 is 6.36 Å². The number of alkyl halides is 4. The van der Waals surface area contributed by atoms with Gasteiger partial charge in [-0.3, -0.25) is 5.32 Å². The molecule has 0 radical (unpaired) electrons. The maximum atomic E-state index is 15.6. The number of hydrogen-bond acceptors (Lipinski definition) is 7. The van der Waals surface area contributed by atoms with Crippen LogP contribution in [0.25, 0.3) is 17.1 Å². The molecule has 1 fully saturated rings. The van der Waals surface area contributed by atoms with Crippen LogP contribution in [-0.2, 0) is 0 Å². The molecule has 0 bridgehead atoms. The summed E-state index contributed by atoms with van der Waals surface area (Å²) in [5.74, 6) is 1.20. The normalized spacial score (nSPS) is 18.5. The number of ether oxygens (including phenoxy) is 1. The summed E-state index contributed by atoms with van der Waals surface area (Å²) in [6.45, 7) is 8.09. The number of para-hydroxylation sites is 1. The van der Waals surface area contributed by atoms with Gasteiger partial charge in [-0.05, 0) is 67.6 Å². The molecule has 4 unspecified atom stereocenters. The van der Waals surface area contributed by atoms with Gasteiger partial charge in [-0.2, -0.15) is 0 Å². The van der Waals surface area contributed by atoms with Gasteiger partial charge in [0.1, 0.15) is 18.2 Å². The van der Waals surface area contributed by atoms with E-state index in [9.17, 15) is 18.3 Å². The van der Waals surface area contributed by atoms with Crippen LogP contribution in [0.1, 0.15) is 57.3 Å². The molecule has 1 aliphatic heterocycles. The molecule has 0 spiro atoms. The zero-order chi connectivity index (χ0) is 33.0. The summed E-state index contributed by atoms with van der Waals surface area (Å²) < 4.78 is 58.2. The maximum Gasteiger partial charge on any atom is 0.573 e. The van der Waals surface area contributed by atoms with Gasteiger partial charge in [0.15, 0.2) is 11.0 Å². The van der Waals surface area contributed by atoms with Gasteiger partial charge in [0.2, 0.25) is 6.35 Å². The zero-order valence-corrected chi connectivity index (χ0v) is 26.6. The van der Waals surface area contributed by atoms with Gasteiger partial charge in [-0.15, -0.1) is 18.3 Å². The highest BCUT2D eigenvalue weighted by molar-refractivity contribution is 8.14. The average molecular weight is 657 g/mol. The van der Waals surface area contributed by atoms with Crippen LogP contribution in [0.5, 0.6) is 5.75 Å². The number of aliphatic hydroxyl groups excluding tert-OH is 1. The molecule has 244 valence electrons. The summed E-state index contributed by atoms with van der Waals surface area (Å²) >= 11 is 1.57. The monoisotopic (exact) mass is 656 g/mol. The Morgan fingerprint density at radius 1 is 1.02 bits per heavy atom. The predicted octanol–water partition coefficient (Wildman–Crippen LogP) is 7.61. The lowest BCUT2D eigenvalue weighted by Crippen LogP contribution is -2.44. The van der Waals surface area contributed by atoms with E-state index in [-0.39, 0.29) is 11.8 Å². The van der Waals surface area contributed by atoms with Gasteiger partial charge in [-0.1, -0.05) is 68.1 Å². The van der Waals surface area contributed by atoms with E-state index in [2.05, 4.69) is 62.9 Å². The van der Waals surface area contributed by atoms with E-state index in [0.717, 1.165) is 17.9 Å². The second kappa shape index (κ2) is 14.2. The number of rotatable bonds is 10. The van der Waals surface area contributed by atoms with Crippen molar-refractivity contribution >= 4 is 22.6 Å². The Morgan fingerprint density at radius 3 is 2.39 bits per heavy atom. The van der Waals surface area contributed by atoms with Gasteiger partial charge < -0.3 is 14.7 Å². The molecule has 0 aliphatic carbocycles. The number of thioether (sulfide) groups is 1. The van der Waals surface area contributed by atoms with Crippen molar-refractivity contribution in [2.24, 2.45) is 4.99 Å². The SMILES string of the molecule is CC(C)c1ccccc1N1C(=NC(O)NC(C)C(F)c2ccc(-c3ncn(-c4ccc(OC(F)(F)F)cc4)n3)cc2)SCCC1C. The minimum Gasteiger partial charge on any atom is -0.406 e. The molecule has 1 aliphatic rings. The van der Waals surface area contributed by atoms with Crippen LogP contribution in [0.15, 0.2) is 84.1 Å². The van der Waals surface area contributed by atoms with Crippen molar-refractivity contribution in [1.29, 1.82) is 0 Å². The largest absolute Gasteiger partial charge is 0.573 e. The molecular weight excluding hydrogens is 620 g/mol. The lowest BCUT2D eigenvalue weighted by atomic mass is 9.99. The zero-order valence-electron chi connectivity index (χ0n) is 25.8. The van der Waals surface area contributed by atoms with E-state index in [4.69, 9.17) is 0 Å². The number of aromatic nitrogens is 3. The first-order valence-corrected chi connectivity index (χ1v) is 15.9. The number of halogens is 4. The Labute approximate surface area is 269 Å². The van der Waals surface area contributed by atoms with Crippen molar-refractivity contribution in [2.45, 2.75) is 71.0 Å². The van der Waals surface area contributed by atoms with E-state index in [1.165, 1.54) is 40.8 Å². The number of anilines is 1. The van der Waals surface area contributed by atoms with E-state index < -0.39 is 24.9 Å². The smallest absolute Gasteiger partial charge is 0.406 e. The Balaban J connectivity index is 1.23. The van der Waals surface area contributed by atoms with Gasteiger partial charge in [0.25, 0.3) is 0 Å². The van der Waals surface area contributed by atoms with Gasteiger partial charge in [0.05, 0.1) is 5.69 Å². The summed E-state index contributed by atoms with van der Waals surface area (Å²) in [5.41, 5.74) is 3.78. The number of benzene rings is 3.